The lowest BCUT2D eigenvalue weighted by atomic mass is 9.94. The van der Waals surface area contributed by atoms with E-state index in [2.05, 4.69) is 4.98 Å². The van der Waals surface area contributed by atoms with E-state index >= 15 is 0 Å². The highest BCUT2D eigenvalue weighted by molar-refractivity contribution is 6.52. The van der Waals surface area contributed by atoms with Crippen LogP contribution in [0.5, 0.6) is 5.75 Å². The number of hydrogen-bond acceptors (Lipinski definition) is 5. The van der Waals surface area contributed by atoms with Gasteiger partial charge < -0.3 is 9.84 Å². The Morgan fingerprint density at radius 1 is 1.09 bits per heavy atom. The van der Waals surface area contributed by atoms with Crippen molar-refractivity contribution in [2.24, 2.45) is 0 Å². The van der Waals surface area contributed by atoms with Gasteiger partial charge in [0.25, 0.3) is 11.7 Å². The molecular formula is C26H23ClN2O4. The van der Waals surface area contributed by atoms with Crippen molar-refractivity contribution in [3.63, 3.8) is 0 Å². The number of aliphatic hydroxyl groups excluding tert-OH is 1. The summed E-state index contributed by atoms with van der Waals surface area (Å²) >= 11 is 6.12. The van der Waals surface area contributed by atoms with Crippen LogP contribution in [-0.2, 0) is 9.59 Å². The molecule has 1 aliphatic rings. The van der Waals surface area contributed by atoms with Crippen molar-refractivity contribution in [2.45, 2.75) is 26.8 Å². The standard InChI is InChI=1S/C26H23ClN2O4/c1-14-10-16(3)25(33-4)19(11-14)23(30)21-22(17-6-5-9-28-13-17)29(26(32)24(21)31)20-8-7-18(27)12-15(20)2/h5-13,22,30H,1-4H3/b23-21+. The number of pyridine rings is 1. The molecule has 1 amide bonds. The van der Waals surface area contributed by atoms with Crippen molar-refractivity contribution in [1.82, 2.24) is 4.98 Å². The number of methoxy groups -OCH3 is 1. The maximum Gasteiger partial charge on any atom is 0.300 e. The molecule has 0 aliphatic carbocycles. The molecule has 0 radical (unpaired) electrons. The van der Waals surface area contributed by atoms with Crippen LogP contribution in [0.4, 0.5) is 5.69 Å². The van der Waals surface area contributed by atoms with Gasteiger partial charge in [-0.05, 0) is 73.4 Å². The van der Waals surface area contributed by atoms with Gasteiger partial charge in [-0.2, -0.15) is 0 Å². The van der Waals surface area contributed by atoms with Gasteiger partial charge in [0.05, 0.1) is 24.3 Å². The first-order valence-electron chi connectivity index (χ1n) is 10.4. The van der Waals surface area contributed by atoms with E-state index in [-0.39, 0.29) is 11.3 Å². The number of anilines is 1. The molecule has 33 heavy (non-hydrogen) atoms. The van der Waals surface area contributed by atoms with E-state index in [1.807, 2.05) is 26.8 Å². The summed E-state index contributed by atoms with van der Waals surface area (Å²) in [6.45, 7) is 5.56. The van der Waals surface area contributed by atoms with Crippen LogP contribution in [0, 0.1) is 20.8 Å². The predicted octanol–water partition coefficient (Wildman–Crippen LogP) is 5.30. The van der Waals surface area contributed by atoms with Crippen molar-refractivity contribution >= 4 is 34.7 Å². The molecule has 2 heterocycles. The Labute approximate surface area is 197 Å². The van der Waals surface area contributed by atoms with Gasteiger partial charge in [-0.25, -0.2) is 0 Å². The summed E-state index contributed by atoms with van der Waals surface area (Å²) in [5.41, 5.74) is 3.87. The lowest BCUT2D eigenvalue weighted by molar-refractivity contribution is -0.132. The third-order valence-corrected chi connectivity index (χ3v) is 5.98. The summed E-state index contributed by atoms with van der Waals surface area (Å²) in [5.74, 6) is -1.37. The molecule has 168 valence electrons. The molecule has 1 saturated heterocycles. The Morgan fingerprint density at radius 3 is 2.48 bits per heavy atom. The Balaban J connectivity index is 2.02. The number of aromatic nitrogens is 1. The van der Waals surface area contributed by atoms with Crippen LogP contribution in [0.1, 0.15) is 33.9 Å². The minimum Gasteiger partial charge on any atom is -0.507 e. The number of ether oxygens (including phenoxy) is 1. The number of amides is 1. The van der Waals surface area contributed by atoms with Crippen LogP contribution in [0.25, 0.3) is 5.76 Å². The van der Waals surface area contributed by atoms with Crippen LogP contribution in [0.15, 0.2) is 60.4 Å². The molecule has 7 heteroatoms. The topological polar surface area (TPSA) is 79.7 Å². The van der Waals surface area contributed by atoms with E-state index < -0.39 is 17.7 Å². The van der Waals surface area contributed by atoms with Crippen molar-refractivity contribution in [2.75, 3.05) is 12.0 Å². The lowest BCUT2D eigenvalue weighted by Crippen LogP contribution is -2.30. The molecule has 0 spiro atoms. The fourth-order valence-corrected chi connectivity index (χ4v) is 4.60. The molecule has 4 rings (SSSR count). The van der Waals surface area contributed by atoms with Gasteiger partial charge in [0.1, 0.15) is 11.5 Å². The molecule has 1 aromatic heterocycles. The second-order valence-electron chi connectivity index (χ2n) is 8.05. The van der Waals surface area contributed by atoms with Gasteiger partial charge >= 0.3 is 0 Å². The number of nitrogens with zero attached hydrogens (tertiary/aromatic N) is 2. The molecule has 0 bridgehead atoms. The molecule has 0 saturated carbocycles. The smallest absolute Gasteiger partial charge is 0.300 e. The second-order valence-corrected chi connectivity index (χ2v) is 8.49. The summed E-state index contributed by atoms with van der Waals surface area (Å²) < 4.78 is 5.53. The van der Waals surface area contributed by atoms with E-state index in [4.69, 9.17) is 16.3 Å². The average Bonchev–Trinajstić information content (AvgIpc) is 3.04. The minimum atomic E-state index is -0.871. The minimum absolute atomic E-state index is 0.0225. The third kappa shape index (κ3) is 3.87. The Kier molecular flexibility index (Phi) is 5.95. The number of aliphatic hydroxyl groups is 1. The number of halogens is 1. The van der Waals surface area contributed by atoms with Gasteiger partial charge in [-0.15, -0.1) is 0 Å². The van der Waals surface area contributed by atoms with Gasteiger partial charge in [0.15, 0.2) is 0 Å². The molecule has 1 aliphatic heterocycles. The first-order valence-corrected chi connectivity index (χ1v) is 10.7. The molecule has 6 nitrogen and oxygen atoms in total. The zero-order chi connectivity index (χ0) is 23.9. The molecule has 1 fully saturated rings. The number of carbonyl (C=O) groups excluding carboxylic acids is 2. The van der Waals surface area contributed by atoms with Crippen molar-refractivity contribution in [3.05, 3.63) is 93.3 Å². The zero-order valence-electron chi connectivity index (χ0n) is 18.7. The van der Waals surface area contributed by atoms with Gasteiger partial charge in [-0.3, -0.25) is 19.5 Å². The average molecular weight is 463 g/mol. The number of benzene rings is 2. The Morgan fingerprint density at radius 2 is 1.85 bits per heavy atom. The Bertz CT molecular complexity index is 1300. The van der Waals surface area contributed by atoms with E-state index in [0.717, 1.165) is 16.7 Å². The van der Waals surface area contributed by atoms with E-state index in [1.165, 1.54) is 12.0 Å². The number of aryl methyl sites for hydroxylation is 3. The van der Waals surface area contributed by atoms with Crippen LogP contribution in [0.3, 0.4) is 0 Å². The van der Waals surface area contributed by atoms with E-state index in [9.17, 15) is 14.7 Å². The molecule has 3 aromatic rings. The maximum atomic E-state index is 13.3. The summed E-state index contributed by atoms with van der Waals surface area (Å²) in [6, 6.07) is 11.4. The van der Waals surface area contributed by atoms with Crippen molar-refractivity contribution in [3.8, 4) is 5.75 Å². The summed E-state index contributed by atoms with van der Waals surface area (Å²) in [5, 5.41) is 12.0. The highest BCUT2D eigenvalue weighted by Crippen LogP contribution is 2.44. The van der Waals surface area contributed by atoms with Gasteiger partial charge in [-0.1, -0.05) is 23.7 Å². The fourth-order valence-electron chi connectivity index (χ4n) is 4.37. The SMILES string of the molecule is COc1c(C)cc(C)cc1/C(O)=C1\C(=O)C(=O)N(c2ccc(Cl)cc2C)C1c1cccnc1. The molecule has 1 atom stereocenters. The number of hydrogen-bond donors (Lipinski definition) is 1. The Hall–Kier alpha value is -3.64. The quantitative estimate of drug-likeness (QED) is 0.323. The zero-order valence-corrected chi connectivity index (χ0v) is 19.5. The number of Topliss-reactive ketones (excluding diaryl/α,β-unsaturated/α-hetero) is 1. The third-order valence-electron chi connectivity index (χ3n) is 5.74. The summed E-state index contributed by atoms with van der Waals surface area (Å²) in [7, 11) is 1.50. The largest absolute Gasteiger partial charge is 0.507 e. The van der Waals surface area contributed by atoms with Crippen molar-refractivity contribution < 1.29 is 19.4 Å². The molecular weight excluding hydrogens is 440 g/mol. The van der Waals surface area contributed by atoms with Crippen molar-refractivity contribution in [1.29, 1.82) is 0 Å². The summed E-state index contributed by atoms with van der Waals surface area (Å²) in [4.78, 5) is 32.2. The summed E-state index contributed by atoms with van der Waals surface area (Å²) in [6.07, 6.45) is 3.19. The predicted molar refractivity (Wildman–Crippen MR) is 128 cm³/mol. The number of carbonyl (C=O) groups is 2. The first kappa shape index (κ1) is 22.6. The molecule has 1 unspecified atom stereocenters. The maximum absolute atomic E-state index is 13.3. The fraction of sp³-hybridized carbons (Fsp3) is 0.192. The van der Waals surface area contributed by atoms with Crippen LogP contribution in [0.2, 0.25) is 5.02 Å². The first-order chi connectivity index (χ1) is 15.7. The normalized spacial score (nSPS) is 17.5. The van der Waals surface area contributed by atoms with Crippen LogP contribution >= 0.6 is 11.6 Å². The van der Waals surface area contributed by atoms with E-state index in [1.54, 1.807) is 48.8 Å². The number of ketones is 1. The number of rotatable bonds is 4. The molecule has 1 N–H and O–H groups in total. The van der Waals surface area contributed by atoms with Gasteiger partial charge in [0, 0.05) is 23.1 Å². The van der Waals surface area contributed by atoms with Crippen LogP contribution < -0.4 is 9.64 Å². The molecule has 2 aromatic carbocycles. The highest BCUT2D eigenvalue weighted by Gasteiger charge is 2.47. The van der Waals surface area contributed by atoms with Crippen LogP contribution in [-0.4, -0.2) is 28.9 Å². The van der Waals surface area contributed by atoms with Gasteiger partial charge in [0.2, 0.25) is 0 Å². The van der Waals surface area contributed by atoms with E-state index in [0.29, 0.717) is 27.6 Å². The second kappa shape index (κ2) is 8.71. The highest BCUT2D eigenvalue weighted by atomic mass is 35.5. The lowest BCUT2D eigenvalue weighted by Gasteiger charge is -2.26. The monoisotopic (exact) mass is 462 g/mol.